The van der Waals surface area contributed by atoms with E-state index < -0.39 is 5.91 Å². The summed E-state index contributed by atoms with van der Waals surface area (Å²) >= 11 is 6.04. The van der Waals surface area contributed by atoms with Crippen molar-refractivity contribution in [2.75, 3.05) is 12.4 Å². The van der Waals surface area contributed by atoms with Crippen LogP contribution in [0.25, 0.3) is 5.69 Å². The van der Waals surface area contributed by atoms with Gasteiger partial charge in [-0.1, -0.05) is 17.7 Å². The molecule has 4 rings (SSSR count). The summed E-state index contributed by atoms with van der Waals surface area (Å²) in [5.41, 5.74) is 1.71. The Hall–Kier alpha value is -3.91. The SMILES string of the molecule is COc1ccc(Oc2ncccc2NC(=O)c2nn(-c3cccc(Cl)c3)nc2C)cc1. The summed E-state index contributed by atoms with van der Waals surface area (Å²) in [6.45, 7) is 1.71. The molecule has 1 N–H and O–H groups in total. The fourth-order valence-corrected chi connectivity index (χ4v) is 2.99. The molecule has 0 unspecified atom stereocenters. The number of halogens is 1. The summed E-state index contributed by atoms with van der Waals surface area (Å²) < 4.78 is 11.0. The first-order chi connectivity index (χ1) is 15.0. The predicted octanol–water partition coefficient (Wildman–Crippen LogP) is 4.68. The second-order valence-corrected chi connectivity index (χ2v) is 6.93. The van der Waals surface area contributed by atoms with Crippen LogP contribution in [0.15, 0.2) is 66.9 Å². The second kappa shape index (κ2) is 8.85. The molecule has 2 aromatic heterocycles. The van der Waals surface area contributed by atoms with Gasteiger partial charge < -0.3 is 14.8 Å². The summed E-state index contributed by atoms with van der Waals surface area (Å²) in [7, 11) is 1.59. The molecule has 0 aliphatic carbocycles. The number of anilines is 1. The van der Waals surface area contributed by atoms with E-state index in [0.717, 1.165) is 0 Å². The van der Waals surface area contributed by atoms with Gasteiger partial charge in [-0.25, -0.2) is 4.98 Å². The van der Waals surface area contributed by atoms with E-state index in [4.69, 9.17) is 21.1 Å². The van der Waals surface area contributed by atoms with E-state index in [1.807, 2.05) is 0 Å². The maximum atomic E-state index is 12.9. The minimum Gasteiger partial charge on any atom is -0.497 e. The van der Waals surface area contributed by atoms with Crippen molar-refractivity contribution in [2.45, 2.75) is 6.92 Å². The van der Waals surface area contributed by atoms with Crippen LogP contribution in [0.1, 0.15) is 16.2 Å². The molecular formula is C22H18ClN5O3. The number of hydrogen-bond acceptors (Lipinski definition) is 6. The third kappa shape index (κ3) is 4.65. The zero-order valence-corrected chi connectivity index (χ0v) is 17.5. The Balaban J connectivity index is 1.55. The number of carbonyl (C=O) groups is 1. The van der Waals surface area contributed by atoms with Crippen molar-refractivity contribution in [3.63, 3.8) is 0 Å². The van der Waals surface area contributed by atoms with Crippen molar-refractivity contribution in [3.8, 4) is 23.1 Å². The van der Waals surface area contributed by atoms with Crippen LogP contribution in [-0.2, 0) is 0 Å². The maximum Gasteiger partial charge on any atom is 0.278 e. The molecule has 0 fully saturated rings. The lowest BCUT2D eigenvalue weighted by molar-refractivity contribution is 0.102. The molecule has 0 saturated carbocycles. The first kappa shape index (κ1) is 20.4. The molecule has 156 valence electrons. The third-order valence-electron chi connectivity index (χ3n) is 4.33. The predicted molar refractivity (Wildman–Crippen MR) is 116 cm³/mol. The molecule has 4 aromatic rings. The summed E-state index contributed by atoms with van der Waals surface area (Å²) in [4.78, 5) is 18.5. The molecule has 0 spiro atoms. The number of amides is 1. The third-order valence-corrected chi connectivity index (χ3v) is 4.56. The van der Waals surface area contributed by atoms with Gasteiger partial charge in [-0.15, -0.1) is 5.10 Å². The summed E-state index contributed by atoms with van der Waals surface area (Å²) in [6, 6.07) is 17.5. The molecule has 8 nitrogen and oxygen atoms in total. The Kier molecular flexibility index (Phi) is 5.81. The van der Waals surface area contributed by atoms with E-state index in [0.29, 0.717) is 33.6 Å². The highest BCUT2D eigenvalue weighted by Gasteiger charge is 2.19. The number of pyridine rings is 1. The van der Waals surface area contributed by atoms with Crippen LogP contribution in [0.4, 0.5) is 5.69 Å². The van der Waals surface area contributed by atoms with E-state index >= 15 is 0 Å². The van der Waals surface area contributed by atoms with Crippen LogP contribution in [0.5, 0.6) is 17.4 Å². The Bertz CT molecular complexity index is 1220. The van der Waals surface area contributed by atoms with Crippen molar-refractivity contribution in [1.82, 2.24) is 20.0 Å². The van der Waals surface area contributed by atoms with Gasteiger partial charge in [-0.2, -0.15) is 9.90 Å². The molecule has 31 heavy (non-hydrogen) atoms. The lowest BCUT2D eigenvalue weighted by atomic mass is 10.3. The fourth-order valence-electron chi connectivity index (χ4n) is 2.81. The molecule has 0 atom stereocenters. The molecule has 0 aliphatic heterocycles. The average Bonchev–Trinajstić information content (AvgIpc) is 3.17. The average molecular weight is 436 g/mol. The summed E-state index contributed by atoms with van der Waals surface area (Å²) in [5, 5.41) is 12.0. The van der Waals surface area contributed by atoms with Crippen LogP contribution < -0.4 is 14.8 Å². The molecular weight excluding hydrogens is 418 g/mol. The molecule has 9 heteroatoms. The number of ether oxygens (including phenoxy) is 2. The number of benzene rings is 2. The van der Waals surface area contributed by atoms with Crippen LogP contribution in [0.2, 0.25) is 5.02 Å². The number of nitrogens with zero attached hydrogens (tertiary/aromatic N) is 4. The molecule has 2 aromatic carbocycles. The van der Waals surface area contributed by atoms with Crippen LogP contribution >= 0.6 is 11.6 Å². The lowest BCUT2D eigenvalue weighted by Crippen LogP contribution is -2.15. The lowest BCUT2D eigenvalue weighted by Gasteiger charge is -2.11. The van der Waals surface area contributed by atoms with Gasteiger partial charge in [0.1, 0.15) is 17.2 Å². The van der Waals surface area contributed by atoms with Crippen LogP contribution in [0, 0.1) is 6.92 Å². The van der Waals surface area contributed by atoms with Crippen molar-refractivity contribution >= 4 is 23.2 Å². The van der Waals surface area contributed by atoms with Gasteiger partial charge in [0.15, 0.2) is 5.69 Å². The van der Waals surface area contributed by atoms with Crippen molar-refractivity contribution in [3.05, 3.63) is 83.3 Å². The fraction of sp³-hybridized carbons (Fsp3) is 0.0909. The number of nitrogens with one attached hydrogen (secondary N) is 1. The topological polar surface area (TPSA) is 91.2 Å². The number of aryl methyl sites for hydroxylation is 1. The molecule has 0 radical (unpaired) electrons. The number of rotatable bonds is 6. The van der Waals surface area contributed by atoms with Crippen molar-refractivity contribution in [1.29, 1.82) is 0 Å². The van der Waals surface area contributed by atoms with Crippen LogP contribution in [-0.4, -0.2) is 33.0 Å². The highest BCUT2D eigenvalue weighted by Crippen LogP contribution is 2.28. The van der Waals surface area contributed by atoms with Gasteiger partial charge in [0, 0.05) is 11.2 Å². The quantitative estimate of drug-likeness (QED) is 0.473. The largest absolute Gasteiger partial charge is 0.497 e. The minimum atomic E-state index is -0.432. The molecule has 0 aliphatic rings. The van der Waals surface area contributed by atoms with Gasteiger partial charge >= 0.3 is 0 Å². The highest BCUT2D eigenvalue weighted by atomic mass is 35.5. The number of hydrogen-bond donors (Lipinski definition) is 1. The van der Waals surface area contributed by atoms with Gasteiger partial charge in [0.05, 0.1) is 18.5 Å². The molecule has 2 heterocycles. The number of methoxy groups -OCH3 is 1. The zero-order chi connectivity index (χ0) is 21.8. The van der Waals surface area contributed by atoms with E-state index in [2.05, 4.69) is 20.5 Å². The Morgan fingerprint density at radius 2 is 1.81 bits per heavy atom. The summed E-state index contributed by atoms with van der Waals surface area (Å²) in [5.74, 6) is 1.08. The molecule has 0 bridgehead atoms. The van der Waals surface area contributed by atoms with E-state index in [9.17, 15) is 4.79 Å². The first-order valence-corrected chi connectivity index (χ1v) is 9.69. The van der Waals surface area contributed by atoms with E-state index in [1.54, 1.807) is 80.9 Å². The monoisotopic (exact) mass is 435 g/mol. The van der Waals surface area contributed by atoms with E-state index in [1.165, 1.54) is 4.80 Å². The Morgan fingerprint density at radius 3 is 2.55 bits per heavy atom. The minimum absolute atomic E-state index is 0.180. The van der Waals surface area contributed by atoms with Crippen molar-refractivity contribution in [2.24, 2.45) is 0 Å². The van der Waals surface area contributed by atoms with Crippen molar-refractivity contribution < 1.29 is 14.3 Å². The standard InChI is InChI=1S/C22H18ClN5O3/c1-14-20(27-28(26-14)16-6-3-5-15(23)13-16)21(29)25-19-7-4-12-24-22(19)31-18-10-8-17(30-2)9-11-18/h3-13H,1-2H3,(H,25,29). The molecule has 0 saturated heterocycles. The smallest absolute Gasteiger partial charge is 0.278 e. The first-order valence-electron chi connectivity index (χ1n) is 9.31. The number of carbonyl (C=O) groups excluding carboxylic acids is 1. The second-order valence-electron chi connectivity index (χ2n) is 6.49. The van der Waals surface area contributed by atoms with E-state index in [-0.39, 0.29) is 11.6 Å². The van der Waals surface area contributed by atoms with Gasteiger partial charge in [0.25, 0.3) is 5.91 Å². The maximum absolute atomic E-state index is 12.9. The van der Waals surface area contributed by atoms with Gasteiger partial charge in [-0.3, -0.25) is 4.79 Å². The zero-order valence-electron chi connectivity index (χ0n) is 16.7. The highest BCUT2D eigenvalue weighted by molar-refractivity contribution is 6.30. The number of aromatic nitrogens is 4. The molecule has 1 amide bonds. The van der Waals surface area contributed by atoms with Gasteiger partial charge in [0.2, 0.25) is 5.88 Å². The van der Waals surface area contributed by atoms with Crippen LogP contribution in [0.3, 0.4) is 0 Å². The normalized spacial score (nSPS) is 10.5. The Morgan fingerprint density at radius 1 is 1.03 bits per heavy atom. The Labute approximate surface area is 183 Å². The summed E-state index contributed by atoms with van der Waals surface area (Å²) in [6.07, 6.45) is 1.58. The van der Waals surface area contributed by atoms with Gasteiger partial charge in [-0.05, 0) is 61.5 Å².